The summed E-state index contributed by atoms with van der Waals surface area (Å²) in [6.07, 6.45) is 16.0. The number of nitrogens with zero attached hydrogens (tertiary/aromatic N) is 4. The van der Waals surface area contributed by atoms with Crippen molar-refractivity contribution in [3.8, 4) is 0 Å². The maximum absolute atomic E-state index is 4.90. The van der Waals surface area contributed by atoms with Gasteiger partial charge in [-0.25, -0.2) is 0 Å². The van der Waals surface area contributed by atoms with E-state index in [0.29, 0.717) is 12.0 Å². The quantitative estimate of drug-likeness (QED) is 0.404. The molecule has 0 amide bonds. The standard InChI is InChI=1S/C25H44N7.H2O/c1-32(2,3)11-10-26-22-28-23(27-21-8-6-4-5-7-9-21)30-24(29-22)31-25-15-18-12-19(16-25)14-20(13-18)17-25;/h18-21H,4-17H2,1-3H3,(H3,26,27,28,29,30,31);1H2/q+1;. The number of anilines is 3. The van der Waals surface area contributed by atoms with Gasteiger partial charge in [0.05, 0.1) is 34.2 Å². The van der Waals surface area contributed by atoms with Crippen LogP contribution in [-0.2, 0) is 0 Å². The minimum atomic E-state index is 0. The molecule has 4 bridgehead atoms. The Labute approximate surface area is 199 Å². The second-order valence-corrected chi connectivity index (χ2v) is 12.4. The van der Waals surface area contributed by atoms with Gasteiger partial charge in [-0.3, -0.25) is 0 Å². The lowest BCUT2D eigenvalue weighted by molar-refractivity contribution is -0.868. The molecule has 5 saturated carbocycles. The summed E-state index contributed by atoms with van der Waals surface area (Å²) in [6.45, 7) is 1.88. The highest BCUT2D eigenvalue weighted by molar-refractivity contribution is 5.44. The fourth-order valence-electron chi connectivity index (χ4n) is 7.19. The zero-order chi connectivity index (χ0) is 22.2. The molecule has 33 heavy (non-hydrogen) atoms. The topological polar surface area (TPSA) is 106 Å². The van der Waals surface area contributed by atoms with Crippen molar-refractivity contribution in [2.24, 2.45) is 17.8 Å². The third-order valence-electron chi connectivity index (χ3n) is 8.30. The number of hydrogen-bond donors (Lipinski definition) is 3. The normalized spacial score (nSPS) is 31.5. The smallest absolute Gasteiger partial charge is 0.229 e. The fourth-order valence-corrected chi connectivity index (χ4v) is 7.19. The fraction of sp³-hybridized carbons (Fsp3) is 0.880. The van der Waals surface area contributed by atoms with E-state index in [9.17, 15) is 0 Å². The van der Waals surface area contributed by atoms with E-state index >= 15 is 0 Å². The van der Waals surface area contributed by atoms with E-state index in [0.717, 1.165) is 47.2 Å². The Morgan fingerprint density at radius 1 is 0.788 bits per heavy atom. The minimum absolute atomic E-state index is 0. The van der Waals surface area contributed by atoms with Crippen LogP contribution in [0, 0.1) is 17.8 Å². The third-order valence-corrected chi connectivity index (χ3v) is 8.30. The Kier molecular flexibility index (Phi) is 7.34. The number of hydrogen-bond acceptors (Lipinski definition) is 6. The van der Waals surface area contributed by atoms with Gasteiger partial charge in [-0.15, -0.1) is 0 Å². The van der Waals surface area contributed by atoms with Gasteiger partial charge in [-0.05, 0) is 69.1 Å². The molecule has 6 rings (SSSR count). The van der Waals surface area contributed by atoms with Gasteiger partial charge < -0.3 is 25.9 Å². The number of quaternary nitrogens is 1. The van der Waals surface area contributed by atoms with E-state index in [-0.39, 0.29) is 11.0 Å². The number of aromatic nitrogens is 3. The van der Waals surface area contributed by atoms with Crippen LogP contribution in [0.15, 0.2) is 0 Å². The molecule has 8 nitrogen and oxygen atoms in total. The van der Waals surface area contributed by atoms with Crippen molar-refractivity contribution in [1.29, 1.82) is 0 Å². The van der Waals surface area contributed by atoms with Crippen molar-refractivity contribution >= 4 is 17.8 Å². The van der Waals surface area contributed by atoms with Gasteiger partial charge in [-0.1, -0.05) is 25.7 Å². The summed E-state index contributed by atoms with van der Waals surface area (Å²) in [6, 6.07) is 0.478. The highest BCUT2D eigenvalue weighted by Crippen LogP contribution is 2.56. The Morgan fingerprint density at radius 3 is 1.91 bits per heavy atom. The van der Waals surface area contributed by atoms with Crippen molar-refractivity contribution in [3.63, 3.8) is 0 Å². The molecule has 0 radical (unpaired) electrons. The Hall–Kier alpha value is -1.67. The molecule has 1 heterocycles. The van der Waals surface area contributed by atoms with Crippen LogP contribution in [-0.4, -0.2) is 70.7 Å². The lowest BCUT2D eigenvalue weighted by atomic mass is 9.53. The number of likely N-dealkylation sites (N-methyl/N-ethyl adjacent to an activating group) is 1. The van der Waals surface area contributed by atoms with Crippen molar-refractivity contribution in [2.45, 2.75) is 88.6 Å². The van der Waals surface area contributed by atoms with Gasteiger partial charge in [0, 0.05) is 11.6 Å². The van der Waals surface area contributed by atoms with Crippen molar-refractivity contribution in [1.82, 2.24) is 15.0 Å². The van der Waals surface area contributed by atoms with Crippen LogP contribution in [0.1, 0.15) is 77.0 Å². The van der Waals surface area contributed by atoms with Gasteiger partial charge in [0.25, 0.3) is 0 Å². The van der Waals surface area contributed by atoms with E-state index in [1.807, 2.05) is 0 Å². The van der Waals surface area contributed by atoms with Crippen LogP contribution in [0.25, 0.3) is 0 Å². The van der Waals surface area contributed by atoms with Crippen LogP contribution in [0.2, 0.25) is 0 Å². The van der Waals surface area contributed by atoms with Crippen LogP contribution < -0.4 is 16.0 Å². The first-order valence-corrected chi connectivity index (χ1v) is 13.2. The molecular weight excluding hydrogens is 414 g/mol. The Balaban J connectivity index is 0.00000259. The lowest BCUT2D eigenvalue weighted by Gasteiger charge is -2.56. The average molecular weight is 461 g/mol. The molecule has 0 aromatic carbocycles. The van der Waals surface area contributed by atoms with Gasteiger partial charge in [0.15, 0.2) is 0 Å². The molecule has 1 aromatic heterocycles. The molecule has 5 aliphatic carbocycles. The minimum Gasteiger partial charge on any atom is -0.412 e. The highest BCUT2D eigenvalue weighted by Gasteiger charge is 2.51. The molecular formula is C25H46N7O+. The van der Waals surface area contributed by atoms with E-state index in [1.165, 1.54) is 77.0 Å². The molecule has 0 atom stereocenters. The van der Waals surface area contributed by atoms with E-state index < -0.39 is 0 Å². The van der Waals surface area contributed by atoms with Gasteiger partial charge in [0.2, 0.25) is 17.8 Å². The first-order valence-electron chi connectivity index (χ1n) is 13.2. The van der Waals surface area contributed by atoms with Crippen molar-refractivity contribution in [2.75, 3.05) is 50.2 Å². The third kappa shape index (κ3) is 6.27. The maximum atomic E-state index is 4.90. The summed E-state index contributed by atoms with van der Waals surface area (Å²) in [5, 5.41) is 11.0. The molecule has 0 saturated heterocycles. The van der Waals surface area contributed by atoms with Gasteiger partial charge >= 0.3 is 0 Å². The molecule has 1 aromatic rings. The van der Waals surface area contributed by atoms with Crippen LogP contribution >= 0.6 is 0 Å². The van der Waals surface area contributed by atoms with E-state index in [2.05, 4.69) is 37.1 Å². The van der Waals surface area contributed by atoms with Crippen LogP contribution in [0.5, 0.6) is 0 Å². The molecule has 0 aliphatic heterocycles. The summed E-state index contributed by atoms with van der Waals surface area (Å²) in [5.41, 5.74) is 0.204. The second kappa shape index (κ2) is 9.90. The number of rotatable bonds is 8. The molecule has 0 spiro atoms. The van der Waals surface area contributed by atoms with Gasteiger partial charge in [-0.2, -0.15) is 15.0 Å². The number of nitrogens with one attached hydrogen (secondary N) is 3. The molecule has 5 fully saturated rings. The van der Waals surface area contributed by atoms with Crippen LogP contribution in [0.3, 0.4) is 0 Å². The summed E-state index contributed by atoms with van der Waals surface area (Å²) < 4.78 is 0.920. The highest BCUT2D eigenvalue weighted by atomic mass is 16.0. The Bertz CT molecular complexity index is 750. The largest absolute Gasteiger partial charge is 0.412 e. The summed E-state index contributed by atoms with van der Waals surface area (Å²) in [4.78, 5) is 14.5. The molecule has 5 N–H and O–H groups in total. The summed E-state index contributed by atoms with van der Waals surface area (Å²) in [5.74, 6) is 4.93. The lowest BCUT2D eigenvalue weighted by Crippen LogP contribution is -2.55. The SMILES string of the molecule is C[N+](C)(C)CCNc1nc(NC2CCCCCC2)nc(NC23CC4CC(CC(C4)C2)C3)n1.O. The first kappa shape index (κ1) is 24.5. The molecule has 5 aliphatic rings. The Morgan fingerprint density at radius 2 is 1.33 bits per heavy atom. The van der Waals surface area contributed by atoms with E-state index in [4.69, 9.17) is 15.0 Å². The van der Waals surface area contributed by atoms with Crippen LogP contribution in [0.4, 0.5) is 17.8 Å². The van der Waals surface area contributed by atoms with Crippen molar-refractivity contribution in [3.05, 3.63) is 0 Å². The molecule has 8 heteroatoms. The van der Waals surface area contributed by atoms with E-state index in [1.54, 1.807) is 0 Å². The maximum Gasteiger partial charge on any atom is 0.229 e. The monoisotopic (exact) mass is 460 g/mol. The predicted molar refractivity (Wildman–Crippen MR) is 134 cm³/mol. The summed E-state index contributed by atoms with van der Waals surface area (Å²) in [7, 11) is 6.65. The second-order valence-electron chi connectivity index (χ2n) is 12.4. The average Bonchev–Trinajstić information content (AvgIpc) is 2.94. The van der Waals surface area contributed by atoms with Crippen molar-refractivity contribution < 1.29 is 9.96 Å². The molecule has 186 valence electrons. The predicted octanol–water partition coefficient (Wildman–Crippen LogP) is 3.68. The zero-order valence-electron chi connectivity index (χ0n) is 21.0. The molecule has 0 unspecified atom stereocenters. The van der Waals surface area contributed by atoms with Gasteiger partial charge in [0.1, 0.15) is 0 Å². The zero-order valence-corrected chi connectivity index (χ0v) is 21.0. The first-order chi connectivity index (χ1) is 15.3. The summed E-state index contributed by atoms with van der Waals surface area (Å²) >= 11 is 0.